The van der Waals surface area contributed by atoms with E-state index in [0.29, 0.717) is 12.0 Å². The first kappa shape index (κ1) is 11.9. The molecule has 98 valence electrons. The third-order valence-corrected chi connectivity index (χ3v) is 3.96. The van der Waals surface area contributed by atoms with Gasteiger partial charge >= 0.3 is 0 Å². The summed E-state index contributed by atoms with van der Waals surface area (Å²) in [6, 6.07) is 0. The van der Waals surface area contributed by atoms with Crippen molar-refractivity contribution in [2.45, 2.75) is 50.5 Å². The lowest BCUT2D eigenvalue weighted by Gasteiger charge is -2.21. The minimum atomic E-state index is 0.387. The van der Waals surface area contributed by atoms with Gasteiger partial charge in [-0.3, -0.25) is 0 Å². The first-order valence-electron chi connectivity index (χ1n) is 7.11. The van der Waals surface area contributed by atoms with Crippen LogP contribution in [0.25, 0.3) is 0 Å². The van der Waals surface area contributed by atoms with Gasteiger partial charge in [-0.05, 0) is 51.6 Å². The molecule has 0 bridgehead atoms. The lowest BCUT2D eigenvalue weighted by molar-refractivity contribution is 0.208. The van der Waals surface area contributed by atoms with E-state index in [9.17, 15) is 0 Å². The lowest BCUT2D eigenvalue weighted by Crippen LogP contribution is -2.27. The summed E-state index contributed by atoms with van der Waals surface area (Å²) in [4.78, 5) is 8.96. The van der Waals surface area contributed by atoms with Crippen LogP contribution in [0.4, 0.5) is 0 Å². The molecule has 3 rings (SSSR count). The molecule has 0 atom stereocenters. The van der Waals surface area contributed by atoms with Crippen molar-refractivity contribution in [3.8, 4) is 5.75 Å². The SMILES string of the molecule is c1nc(C2CCNCC2)ncc1OC1CCCC1. The molecule has 1 aromatic heterocycles. The van der Waals surface area contributed by atoms with Gasteiger partial charge < -0.3 is 10.1 Å². The van der Waals surface area contributed by atoms with Crippen LogP contribution in [0.15, 0.2) is 12.4 Å². The maximum absolute atomic E-state index is 5.88. The molecule has 4 nitrogen and oxygen atoms in total. The zero-order chi connectivity index (χ0) is 12.2. The van der Waals surface area contributed by atoms with Crippen LogP contribution in [0.3, 0.4) is 0 Å². The van der Waals surface area contributed by atoms with E-state index in [1.54, 1.807) is 0 Å². The summed E-state index contributed by atoms with van der Waals surface area (Å²) < 4.78 is 5.88. The number of hydrogen-bond donors (Lipinski definition) is 1. The molecule has 1 saturated heterocycles. The van der Waals surface area contributed by atoms with E-state index in [-0.39, 0.29) is 0 Å². The van der Waals surface area contributed by atoms with Crippen LogP contribution < -0.4 is 10.1 Å². The van der Waals surface area contributed by atoms with Crippen LogP contribution in [0, 0.1) is 0 Å². The molecule has 0 unspecified atom stereocenters. The van der Waals surface area contributed by atoms with E-state index < -0.39 is 0 Å². The molecule has 0 amide bonds. The average molecular weight is 247 g/mol. The fourth-order valence-electron chi connectivity index (χ4n) is 2.88. The smallest absolute Gasteiger partial charge is 0.156 e. The van der Waals surface area contributed by atoms with E-state index in [1.807, 2.05) is 12.4 Å². The summed E-state index contributed by atoms with van der Waals surface area (Å²) in [6.45, 7) is 2.16. The van der Waals surface area contributed by atoms with Crippen LogP contribution in [0.2, 0.25) is 0 Å². The first-order valence-corrected chi connectivity index (χ1v) is 7.11. The Morgan fingerprint density at radius 1 is 1.00 bits per heavy atom. The van der Waals surface area contributed by atoms with E-state index in [0.717, 1.165) is 37.5 Å². The molecule has 2 aliphatic rings. The highest BCUT2D eigenvalue weighted by atomic mass is 16.5. The first-order chi connectivity index (χ1) is 8.92. The number of hydrogen-bond acceptors (Lipinski definition) is 4. The molecule has 2 fully saturated rings. The molecule has 2 heterocycles. The highest BCUT2D eigenvalue weighted by molar-refractivity contribution is 5.14. The van der Waals surface area contributed by atoms with E-state index in [2.05, 4.69) is 15.3 Å². The minimum absolute atomic E-state index is 0.387. The van der Waals surface area contributed by atoms with Gasteiger partial charge in [0.15, 0.2) is 5.75 Å². The van der Waals surface area contributed by atoms with Gasteiger partial charge in [0.05, 0.1) is 18.5 Å². The molecule has 18 heavy (non-hydrogen) atoms. The standard InChI is InChI=1S/C14H21N3O/c1-2-4-12(3-1)18-13-9-16-14(17-10-13)11-5-7-15-8-6-11/h9-12,15H,1-8H2. The average Bonchev–Trinajstić information content (AvgIpc) is 2.94. The number of ether oxygens (including phenoxy) is 1. The van der Waals surface area contributed by atoms with Gasteiger partial charge in [0.2, 0.25) is 0 Å². The summed E-state index contributed by atoms with van der Waals surface area (Å²) in [7, 11) is 0. The predicted octanol–water partition coefficient (Wildman–Crippen LogP) is 2.27. The zero-order valence-electron chi connectivity index (χ0n) is 10.8. The van der Waals surface area contributed by atoms with Crippen molar-refractivity contribution in [2.24, 2.45) is 0 Å². The lowest BCUT2D eigenvalue weighted by atomic mass is 9.97. The molecule has 1 aliphatic heterocycles. The van der Waals surface area contributed by atoms with Crippen LogP contribution in [0.1, 0.15) is 50.3 Å². The van der Waals surface area contributed by atoms with Crippen molar-refractivity contribution in [3.63, 3.8) is 0 Å². The van der Waals surface area contributed by atoms with E-state index >= 15 is 0 Å². The molecule has 0 spiro atoms. The molecule has 0 aromatic carbocycles. The Balaban J connectivity index is 1.60. The van der Waals surface area contributed by atoms with Crippen molar-refractivity contribution in [3.05, 3.63) is 18.2 Å². The Bertz CT molecular complexity index is 367. The number of rotatable bonds is 3. The van der Waals surface area contributed by atoms with Crippen LogP contribution in [-0.2, 0) is 0 Å². The van der Waals surface area contributed by atoms with Crippen LogP contribution >= 0.6 is 0 Å². The zero-order valence-corrected chi connectivity index (χ0v) is 10.8. The Labute approximate surface area is 108 Å². The molecule has 1 saturated carbocycles. The van der Waals surface area contributed by atoms with Gasteiger partial charge in [0.1, 0.15) is 5.82 Å². The molecule has 1 aliphatic carbocycles. The van der Waals surface area contributed by atoms with Gasteiger partial charge in [0.25, 0.3) is 0 Å². The van der Waals surface area contributed by atoms with Crippen LogP contribution in [-0.4, -0.2) is 29.2 Å². The maximum Gasteiger partial charge on any atom is 0.156 e. The van der Waals surface area contributed by atoms with Crippen molar-refractivity contribution in [2.75, 3.05) is 13.1 Å². The summed E-state index contributed by atoms with van der Waals surface area (Å²) in [5.41, 5.74) is 0. The Morgan fingerprint density at radius 3 is 2.33 bits per heavy atom. The largest absolute Gasteiger partial charge is 0.487 e. The van der Waals surface area contributed by atoms with Gasteiger partial charge in [0, 0.05) is 5.92 Å². The fraction of sp³-hybridized carbons (Fsp3) is 0.714. The number of piperidine rings is 1. The molecular formula is C14H21N3O. The Kier molecular flexibility index (Phi) is 3.74. The highest BCUT2D eigenvalue weighted by Gasteiger charge is 2.19. The molecular weight excluding hydrogens is 226 g/mol. The maximum atomic E-state index is 5.88. The van der Waals surface area contributed by atoms with Crippen molar-refractivity contribution in [1.82, 2.24) is 15.3 Å². The van der Waals surface area contributed by atoms with E-state index in [4.69, 9.17) is 4.74 Å². The Morgan fingerprint density at radius 2 is 1.67 bits per heavy atom. The van der Waals surface area contributed by atoms with Crippen molar-refractivity contribution < 1.29 is 4.74 Å². The fourth-order valence-corrected chi connectivity index (χ4v) is 2.88. The summed E-state index contributed by atoms with van der Waals surface area (Å²) in [5, 5.41) is 3.36. The second kappa shape index (κ2) is 5.65. The third kappa shape index (κ3) is 2.80. The summed E-state index contributed by atoms with van der Waals surface area (Å²) in [5.74, 6) is 2.33. The van der Waals surface area contributed by atoms with Crippen molar-refractivity contribution in [1.29, 1.82) is 0 Å². The van der Waals surface area contributed by atoms with Gasteiger partial charge in [-0.2, -0.15) is 0 Å². The monoisotopic (exact) mass is 247 g/mol. The van der Waals surface area contributed by atoms with Gasteiger partial charge in [-0.25, -0.2) is 9.97 Å². The predicted molar refractivity (Wildman–Crippen MR) is 69.8 cm³/mol. The topological polar surface area (TPSA) is 47.0 Å². The summed E-state index contributed by atoms with van der Waals surface area (Å²) >= 11 is 0. The van der Waals surface area contributed by atoms with Gasteiger partial charge in [-0.15, -0.1) is 0 Å². The number of nitrogens with zero attached hydrogens (tertiary/aromatic N) is 2. The highest BCUT2D eigenvalue weighted by Crippen LogP contribution is 2.25. The Hall–Kier alpha value is -1.16. The number of nitrogens with one attached hydrogen (secondary N) is 1. The number of aromatic nitrogens is 2. The van der Waals surface area contributed by atoms with E-state index in [1.165, 1.54) is 25.7 Å². The van der Waals surface area contributed by atoms with Gasteiger partial charge in [-0.1, -0.05) is 0 Å². The molecule has 1 N–H and O–H groups in total. The molecule has 0 radical (unpaired) electrons. The molecule has 1 aromatic rings. The third-order valence-electron chi connectivity index (χ3n) is 3.96. The second-order valence-electron chi connectivity index (χ2n) is 5.33. The quantitative estimate of drug-likeness (QED) is 0.890. The molecule has 4 heteroatoms. The summed E-state index contributed by atoms with van der Waals surface area (Å²) in [6.07, 6.45) is 11.3. The minimum Gasteiger partial charge on any atom is -0.487 e. The second-order valence-corrected chi connectivity index (χ2v) is 5.33. The normalized spacial score (nSPS) is 22.2. The van der Waals surface area contributed by atoms with Crippen molar-refractivity contribution >= 4 is 0 Å². The van der Waals surface area contributed by atoms with Crippen LogP contribution in [0.5, 0.6) is 5.75 Å².